The molecule has 48 heavy (non-hydrogen) atoms. The fourth-order valence-electron chi connectivity index (χ4n) is 5.42. The second-order valence-electron chi connectivity index (χ2n) is 10.7. The van der Waals surface area contributed by atoms with Crippen LogP contribution in [0.2, 0.25) is 5.02 Å². The molecule has 252 valence electrons. The zero-order valence-electron chi connectivity index (χ0n) is 27.1. The lowest BCUT2D eigenvalue weighted by Gasteiger charge is -2.29. The van der Waals surface area contributed by atoms with Gasteiger partial charge in [-0.1, -0.05) is 23.7 Å². The number of fused-ring (bicyclic) bond motifs is 1. The predicted octanol–water partition coefficient (Wildman–Crippen LogP) is 7.24. The van der Waals surface area contributed by atoms with Gasteiger partial charge in [-0.25, -0.2) is 13.2 Å². The number of sulfonamides is 1. The first-order valence-electron chi connectivity index (χ1n) is 15.1. The lowest BCUT2D eigenvalue weighted by atomic mass is 10.1. The lowest BCUT2D eigenvalue weighted by Crippen LogP contribution is -2.34. The molecular formula is C35H35ClN2O9S. The number of carbonyl (C=O) groups is 2. The van der Waals surface area contributed by atoms with Gasteiger partial charge in [0.2, 0.25) is 5.76 Å². The third-order valence-corrected chi connectivity index (χ3v) is 9.99. The molecule has 0 atom stereocenters. The number of hydrogen-bond donors (Lipinski definition) is 0. The van der Waals surface area contributed by atoms with Crippen molar-refractivity contribution in [3.63, 3.8) is 0 Å². The Morgan fingerprint density at radius 2 is 1.65 bits per heavy atom. The van der Waals surface area contributed by atoms with Crippen molar-refractivity contribution in [1.82, 2.24) is 4.90 Å². The van der Waals surface area contributed by atoms with Crippen molar-refractivity contribution in [2.24, 2.45) is 0 Å². The van der Waals surface area contributed by atoms with Crippen molar-refractivity contribution in [3.8, 4) is 11.5 Å². The number of furan rings is 2. The predicted molar refractivity (Wildman–Crippen MR) is 180 cm³/mol. The number of ether oxygens (including phenoxy) is 3. The van der Waals surface area contributed by atoms with E-state index >= 15 is 0 Å². The average molecular weight is 695 g/mol. The van der Waals surface area contributed by atoms with E-state index in [0.717, 1.165) is 0 Å². The molecule has 3 aromatic carbocycles. The van der Waals surface area contributed by atoms with Crippen LogP contribution in [0.5, 0.6) is 11.5 Å². The third kappa shape index (κ3) is 6.71. The molecule has 1 amide bonds. The van der Waals surface area contributed by atoms with Gasteiger partial charge in [0.15, 0.2) is 11.5 Å². The molecule has 0 aliphatic rings. The molecule has 0 spiro atoms. The summed E-state index contributed by atoms with van der Waals surface area (Å²) >= 11 is 6.43. The number of esters is 1. The molecule has 2 heterocycles. The fourth-order valence-corrected chi connectivity index (χ4v) is 7.17. The summed E-state index contributed by atoms with van der Waals surface area (Å²) < 4.78 is 57.6. The minimum absolute atomic E-state index is 0.00996. The summed E-state index contributed by atoms with van der Waals surface area (Å²) in [6.07, 6.45) is 1.51. The highest BCUT2D eigenvalue weighted by atomic mass is 35.5. The quantitative estimate of drug-likeness (QED) is 0.117. The molecule has 0 bridgehead atoms. The largest absolute Gasteiger partial charge is 0.493 e. The molecule has 0 aliphatic carbocycles. The van der Waals surface area contributed by atoms with Crippen LogP contribution in [0.25, 0.3) is 11.0 Å². The Morgan fingerprint density at radius 1 is 0.917 bits per heavy atom. The van der Waals surface area contributed by atoms with E-state index in [1.165, 1.54) is 47.9 Å². The number of amides is 1. The van der Waals surface area contributed by atoms with E-state index < -0.39 is 16.0 Å². The molecule has 0 radical (unpaired) electrons. The highest BCUT2D eigenvalue weighted by Gasteiger charge is 2.30. The van der Waals surface area contributed by atoms with E-state index in [2.05, 4.69) is 0 Å². The number of hydrogen-bond acceptors (Lipinski definition) is 9. The number of methoxy groups -OCH3 is 2. The molecule has 0 N–H and O–H groups in total. The van der Waals surface area contributed by atoms with Crippen LogP contribution >= 0.6 is 11.6 Å². The number of aryl methyl sites for hydroxylation is 1. The highest BCUT2D eigenvalue weighted by molar-refractivity contribution is 7.92. The molecule has 0 aliphatic heterocycles. The molecule has 0 saturated carbocycles. The third-order valence-electron chi connectivity index (χ3n) is 7.78. The fraction of sp³-hybridized carbons (Fsp3) is 0.257. The first-order chi connectivity index (χ1) is 23.0. The van der Waals surface area contributed by atoms with Gasteiger partial charge in [0.1, 0.15) is 11.3 Å². The van der Waals surface area contributed by atoms with Crippen LogP contribution in [0.1, 0.15) is 51.6 Å². The molecule has 0 unspecified atom stereocenters. The van der Waals surface area contributed by atoms with Crippen LogP contribution < -0.4 is 13.8 Å². The van der Waals surface area contributed by atoms with E-state index in [9.17, 15) is 18.0 Å². The second-order valence-corrected chi connectivity index (χ2v) is 12.9. The van der Waals surface area contributed by atoms with E-state index in [1.807, 2.05) is 0 Å². The minimum Gasteiger partial charge on any atom is -0.493 e. The first kappa shape index (κ1) is 34.4. The van der Waals surface area contributed by atoms with Crippen molar-refractivity contribution >= 4 is 50.2 Å². The number of benzene rings is 3. The number of rotatable bonds is 13. The molecule has 11 nitrogen and oxygen atoms in total. The lowest BCUT2D eigenvalue weighted by molar-refractivity contribution is 0.0491. The Kier molecular flexibility index (Phi) is 10.4. The SMILES string of the molecule is CCOC(=O)c1oc2ccc(S(=O)(=O)N(CC)c3cc(OC)c(OC)cc3CN(Cc3ccco3)C(=O)c3ccccc3Cl)cc2c1C. The van der Waals surface area contributed by atoms with Crippen molar-refractivity contribution in [2.45, 2.75) is 38.8 Å². The molecule has 13 heteroatoms. The van der Waals surface area contributed by atoms with Gasteiger partial charge in [-0.05, 0) is 74.9 Å². The number of nitrogens with zero attached hydrogens (tertiary/aromatic N) is 2. The van der Waals surface area contributed by atoms with Crippen LogP contribution in [0, 0.1) is 6.92 Å². The molecule has 0 saturated heterocycles. The smallest absolute Gasteiger partial charge is 0.374 e. The zero-order valence-corrected chi connectivity index (χ0v) is 28.7. The Bertz CT molecular complexity index is 2060. The monoisotopic (exact) mass is 694 g/mol. The molecule has 5 rings (SSSR count). The summed E-state index contributed by atoms with van der Waals surface area (Å²) in [5.74, 6) is 0.141. The Morgan fingerprint density at radius 3 is 2.29 bits per heavy atom. The van der Waals surface area contributed by atoms with Gasteiger partial charge >= 0.3 is 5.97 Å². The van der Waals surface area contributed by atoms with Gasteiger partial charge in [0.25, 0.3) is 15.9 Å². The van der Waals surface area contributed by atoms with Crippen LogP contribution in [0.4, 0.5) is 5.69 Å². The summed E-state index contributed by atoms with van der Waals surface area (Å²) in [5.41, 5.74) is 1.80. The number of carbonyl (C=O) groups excluding carboxylic acids is 2. The van der Waals surface area contributed by atoms with Crippen molar-refractivity contribution in [1.29, 1.82) is 0 Å². The van der Waals surface area contributed by atoms with Crippen molar-refractivity contribution < 1.29 is 41.1 Å². The normalized spacial score (nSPS) is 11.4. The zero-order chi connectivity index (χ0) is 34.6. The van der Waals surface area contributed by atoms with Crippen molar-refractivity contribution in [3.05, 3.63) is 106 Å². The van der Waals surface area contributed by atoms with Gasteiger partial charge in [0, 0.05) is 30.1 Å². The van der Waals surface area contributed by atoms with Crippen LogP contribution in [-0.4, -0.2) is 52.6 Å². The van der Waals surface area contributed by atoms with Gasteiger partial charge in [-0.3, -0.25) is 9.10 Å². The summed E-state index contributed by atoms with van der Waals surface area (Å²) in [6.45, 7) is 5.27. The summed E-state index contributed by atoms with van der Waals surface area (Å²) in [4.78, 5) is 27.9. The van der Waals surface area contributed by atoms with E-state index in [0.29, 0.717) is 39.4 Å². The molecule has 5 aromatic rings. The van der Waals surface area contributed by atoms with E-state index in [-0.39, 0.29) is 59.1 Å². The molecule has 2 aromatic heterocycles. The van der Waals surface area contributed by atoms with Crippen LogP contribution in [0.15, 0.2) is 86.7 Å². The number of anilines is 1. The highest BCUT2D eigenvalue weighted by Crippen LogP contribution is 2.39. The Labute approximate surface area is 283 Å². The second kappa shape index (κ2) is 14.4. The summed E-state index contributed by atoms with van der Waals surface area (Å²) in [5, 5.41) is 0.728. The maximum absolute atomic E-state index is 14.4. The van der Waals surface area contributed by atoms with Gasteiger partial charge in [0.05, 0.1) is 54.8 Å². The summed E-state index contributed by atoms with van der Waals surface area (Å²) in [6, 6.07) is 17.8. The maximum atomic E-state index is 14.4. The standard InChI is InChI=1S/C35H35ClN2O9S/c1-6-38(48(41,42)25-14-15-30-27(18-25)22(3)33(47-30)35(40)45-7-2)29-19-32(44-5)31(43-4)17-23(29)20-37(21-24-11-10-16-46-24)34(39)26-12-8-9-13-28(26)36/h8-19H,6-7,20-21H2,1-5H3. The Hall–Kier alpha value is -4.94. The molecular weight excluding hydrogens is 660 g/mol. The van der Waals surface area contributed by atoms with E-state index in [4.69, 9.17) is 34.6 Å². The Balaban J connectivity index is 1.62. The van der Waals surface area contributed by atoms with Gasteiger partial charge < -0.3 is 27.9 Å². The van der Waals surface area contributed by atoms with Crippen molar-refractivity contribution in [2.75, 3.05) is 31.7 Å². The van der Waals surface area contributed by atoms with Gasteiger partial charge in [-0.15, -0.1) is 0 Å². The first-order valence-corrected chi connectivity index (χ1v) is 16.9. The summed E-state index contributed by atoms with van der Waals surface area (Å²) in [7, 11) is -1.31. The maximum Gasteiger partial charge on any atom is 0.374 e. The van der Waals surface area contributed by atoms with Crippen LogP contribution in [0.3, 0.4) is 0 Å². The topological polar surface area (TPSA) is 129 Å². The van der Waals surface area contributed by atoms with Gasteiger partial charge in [-0.2, -0.15) is 0 Å². The van der Waals surface area contributed by atoms with Crippen LogP contribution in [-0.2, 0) is 27.8 Å². The van der Waals surface area contributed by atoms with E-state index in [1.54, 1.807) is 69.3 Å². The number of halogens is 1. The average Bonchev–Trinajstić information content (AvgIpc) is 3.72. The molecule has 0 fully saturated rings. The minimum atomic E-state index is -4.23.